The molecule has 0 unspecified atom stereocenters. The van der Waals surface area contributed by atoms with Crippen LogP contribution in [0.3, 0.4) is 0 Å². The highest BCUT2D eigenvalue weighted by atomic mass is 16.5. The molecule has 0 spiro atoms. The maximum absolute atomic E-state index is 5.83. The summed E-state index contributed by atoms with van der Waals surface area (Å²) in [6, 6.07) is 14.8. The number of ether oxygens (including phenoxy) is 2. The Morgan fingerprint density at radius 2 is 1.83 bits per heavy atom. The molecular formula is C32H36N6O3. The molecule has 41 heavy (non-hydrogen) atoms. The van der Waals surface area contributed by atoms with E-state index in [0.717, 1.165) is 82.1 Å². The standard InChI is InChI=1S/C32H36N6O3/c1-36(2)23-10-13-38(14-11-23)28-9-6-22(16-30(28)40-5)34-32-33-18-26(21-12-15-41-20-21)31(35-32)27-19-37(3)29-17-24(39-4)7-8-25(27)29/h6-9,12,15-20,23H,10-11,13-14H2,1-5H3,(H,33,34,35). The summed E-state index contributed by atoms with van der Waals surface area (Å²) in [5.41, 5.74) is 6.65. The molecule has 0 radical (unpaired) electrons. The second kappa shape index (κ2) is 11.2. The highest BCUT2D eigenvalue weighted by Crippen LogP contribution is 2.38. The Morgan fingerprint density at radius 1 is 1.00 bits per heavy atom. The van der Waals surface area contributed by atoms with Crippen molar-refractivity contribution in [3.63, 3.8) is 0 Å². The van der Waals surface area contributed by atoms with E-state index < -0.39 is 0 Å². The predicted octanol–water partition coefficient (Wildman–Crippen LogP) is 6.19. The van der Waals surface area contributed by atoms with Crippen LogP contribution in [-0.4, -0.2) is 66.9 Å². The quantitative estimate of drug-likeness (QED) is 0.244. The van der Waals surface area contributed by atoms with Gasteiger partial charge in [-0.2, -0.15) is 0 Å². The summed E-state index contributed by atoms with van der Waals surface area (Å²) in [6.07, 6.45) is 9.59. The number of furan rings is 1. The number of aromatic nitrogens is 3. The van der Waals surface area contributed by atoms with Crippen LogP contribution in [0.5, 0.6) is 11.5 Å². The zero-order valence-corrected chi connectivity index (χ0v) is 24.2. The molecule has 9 heteroatoms. The SMILES string of the molecule is COc1ccc2c(-c3nc(Nc4ccc(N5CCC(N(C)C)CC5)c(OC)c4)ncc3-c3ccoc3)cn(C)c2c1. The second-order valence-electron chi connectivity index (χ2n) is 10.7. The van der Waals surface area contributed by atoms with E-state index >= 15 is 0 Å². The number of anilines is 3. The minimum atomic E-state index is 0.499. The monoisotopic (exact) mass is 552 g/mol. The van der Waals surface area contributed by atoms with Crippen LogP contribution in [0.2, 0.25) is 0 Å². The van der Waals surface area contributed by atoms with Crippen LogP contribution in [0, 0.1) is 0 Å². The second-order valence-corrected chi connectivity index (χ2v) is 10.7. The van der Waals surface area contributed by atoms with Crippen molar-refractivity contribution >= 4 is 28.2 Å². The summed E-state index contributed by atoms with van der Waals surface area (Å²) in [4.78, 5) is 14.4. The van der Waals surface area contributed by atoms with E-state index in [2.05, 4.69) is 63.2 Å². The number of rotatable bonds is 8. The summed E-state index contributed by atoms with van der Waals surface area (Å²) in [7, 11) is 9.75. The Bertz CT molecular complexity index is 1650. The van der Waals surface area contributed by atoms with Crippen LogP contribution >= 0.6 is 0 Å². The predicted molar refractivity (Wildman–Crippen MR) is 163 cm³/mol. The third-order valence-electron chi connectivity index (χ3n) is 8.05. The van der Waals surface area contributed by atoms with Crippen LogP contribution in [0.25, 0.3) is 33.3 Å². The van der Waals surface area contributed by atoms with E-state index in [1.807, 2.05) is 37.5 Å². The van der Waals surface area contributed by atoms with Crippen LogP contribution in [0.15, 0.2) is 71.8 Å². The number of hydrogen-bond acceptors (Lipinski definition) is 8. The fourth-order valence-electron chi connectivity index (χ4n) is 5.72. The van der Waals surface area contributed by atoms with Gasteiger partial charge in [0.05, 0.1) is 43.6 Å². The zero-order valence-electron chi connectivity index (χ0n) is 24.2. The van der Waals surface area contributed by atoms with Crippen molar-refractivity contribution in [1.29, 1.82) is 0 Å². The van der Waals surface area contributed by atoms with Gasteiger partial charge in [-0.3, -0.25) is 0 Å². The lowest BCUT2D eigenvalue weighted by Crippen LogP contribution is -2.42. The normalized spacial score (nSPS) is 14.1. The van der Waals surface area contributed by atoms with E-state index in [-0.39, 0.29) is 0 Å². The molecule has 0 saturated carbocycles. The molecule has 1 saturated heterocycles. The van der Waals surface area contributed by atoms with Gasteiger partial charge in [-0.1, -0.05) is 0 Å². The number of methoxy groups -OCH3 is 2. The Hall–Kier alpha value is -4.50. The van der Waals surface area contributed by atoms with Crippen molar-refractivity contribution in [3.05, 3.63) is 67.4 Å². The van der Waals surface area contributed by atoms with E-state index in [4.69, 9.17) is 18.9 Å². The van der Waals surface area contributed by atoms with Gasteiger partial charge in [-0.25, -0.2) is 9.97 Å². The molecule has 1 aliphatic rings. The molecule has 0 bridgehead atoms. The Balaban J connectivity index is 1.34. The minimum Gasteiger partial charge on any atom is -0.497 e. The van der Waals surface area contributed by atoms with Crippen molar-refractivity contribution < 1.29 is 13.9 Å². The highest BCUT2D eigenvalue weighted by molar-refractivity contribution is 5.99. The Labute approximate surface area is 240 Å². The summed E-state index contributed by atoms with van der Waals surface area (Å²) in [6.45, 7) is 2.01. The van der Waals surface area contributed by atoms with E-state index in [1.165, 1.54) is 0 Å². The third kappa shape index (κ3) is 5.20. The van der Waals surface area contributed by atoms with Gasteiger partial charge in [0.25, 0.3) is 0 Å². The molecule has 1 N–H and O–H groups in total. The van der Waals surface area contributed by atoms with E-state index in [1.54, 1.807) is 26.7 Å². The topological polar surface area (TPSA) is 80.8 Å². The van der Waals surface area contributed by atoms with Crippen LogP contribution in [0.1, 0.15) is 12.8 Å². The van der Waals surface area contributed by atoms with Gasteiger partial charge in [0.2, 0.25) is 5.95 Å². The van der Waals surface area contributed by atoms with Crippen molar-refractivity contribution in [1.82, 2.24) is 19.4 Å². The van der Waals surface area contributed by atoms with Crippen LogP contribution < -0.4 is 19.7 Å². The van der Waals surface area contributed by atoms with Crippen molar-refractivity contribution in [2.45, 2.75) is 18.9 Å². The Morgan fingerprint density at radius 3 is 2.54 bits per heavy atom. The average molecular weight is 553 g/mol. The number of benzene rings is 2. The third-order valence-corrected chi connectivity index (χ3v) is 8.05. The first-order valence-corrected chi connectivity index (χ1v) is 13.8. The highest BCUT2D eigenvalue weighted by Gasteiger charge is 2.23. The van der Waals surface area contributed by atoms with Gasteiger partial charge in [-0.15, -0.1) is 0 Å². The number of aryl methyl sites for hydroxylation is 1. The lowest BCUT2D eigenvalue weighted by Gasteiger charge is -2.37. The molecule has 0 atom stereocenters. The van der Waals surface area contributed by atoms with E-state index in [9.17, 15) is 0 Å². The minimum absolute atomic E-state index is 0.499. The first kappa shape index (κ1) is 26.7. The molecule has 6 rings (SSSR count). The number of hydrogen-bond donors (Lipinski definition) is 1. The maximum Gasteiger partial charge on any atom is 0.227 e. The molecule has 9 nitrogen and oxygen atoms in total. The molecule has 0 amide bonds. The fraction of sp³-hybridized carbons (Fsp3) is 0.312. The number of nitrogens with one attached hydrogen (secondary N) is 1. The summed E-state index contributed by atoms with van der Waals surface area (Å²) in [5.74, 6) is 2.14. The van der Waals surface area contributed by atoms with Crippen LogP contribution in [0.4, 0.5) is 17.3 Å². The lowest BCUT2D eigenvalue weighted by atomic mass is 10.0. The largest absolute Gasteiger partial charge is 0.497 e. The summed E-state index contributed by atoms with van der Waals surface area (Å²) >= 11 is 0. The van der Waals surface area contributed by atoms with Gasteiger partial charge < -0.3 is 33.6 Å². The molecule has 1 aliphatic heterocycles. The van der Waals surface area contributed by atoms with Gasteiger partial charge in [0.1, 0.15) is 11.5 Å². The Kier molecular flexibility index (Phi) is 7.28. The zero-order chi connectivity index (χ0) is 28.5. The van der Waals surface area contributed by atoms with Gasteiger partial charge in [-0.05, 0) is 57.3 Å². The summed E-state index contributed by atoms with van der Waals surface area (Å²) in [5, 5.41) is 4.48. The smallest absolute Gasteiger partial charge is 0.227 e. The maximum atomic E-state index is 5.83. The molecule has 5 aromatic rings. The van der Waals surface area contributed by atoms with Gasteiger partial charge in [0.15, 0.2) is 0 Å². The molecule has 2 aromatic carbocycles. The van der Waals surface area contributed by atoms with Crippen LogP contribution in [-0.2, 0) is 7.05 Å². The number of fused-ring (bicyclic) bond motifs is 1. The van der Waals surface area contributed by atoms with Gasteiger partial charge in [0, 0.05) is 78.5 Å². The first-order chi connectivity index (χ1) is 19.9. The first-order valence-electron chi connectivity index (χ1n) is 13.8. The average Bonchev–Trinajstić information content (AvgIpc) is 3.65. The van der Waals surface area contributed by atoms with Gasteiger partial charge >= 0.3 is 0 Å². The molecule has 3 aromatic heterocycles. The molecule has 1 fully saturated rings. The van der Waals surface area contributed by atoms with Crippen molar-refractivity contribution in [3.8, 4) is 33.9 Å². The van der Waals surface area contributed by atoms with Crippen molar-refractivity contribution in [2.24, 2.45) is 7.05 Å². The summed E-state index contributed by atoms with van der Waals surface area (Å²) < 4.78 is 18.8. The molecule has 0 aliphatic carbocycles. The number of piperidine rings is 1. The fourth-order valence-corrected chi connectivity index (χ4v) is 5.72. The number of nitrogens with zero attached hydrogens (tertiary/aromatic N) is 5. The molecule has 4 heterocycles. The van der Waals surface area contributed by atoms with E-state index in [0.29, 0.717) is 12.0 Å². The van der Waals surface area contributed by atoms with Crippen molar-refractivity contribution in [2.75, 3.05) is 51.6 Å². The molecule has 212 valence electrons. The lowest BCUT2D eigenvalue weighted by molar-refractivity contribution is 0.249. The molecular weight excluding hydrogens is 516 g/mol.